The first-order valence-corrected chi connectivity index (χ1v) is 7.77. The molecule has 120 valence electrons. The van der Waals surface area contributed by atoms with Crippen LogP contribution in [-0.4, -0.2) is 36.5 Å². The molecule has 2 rings (SSSR count). The first-order chi connectivity index (χ1) is 10.7. The Morgan fingerprint density at radius 1 is 1.36 bits per heavy atom. The lowest BCUT2D eigenvalue weighted by molar-refractivity contribution is -0.133. The number of likely N-dealkylation sites (N-methyl/N-ethyl adjacent to an activating group) is 1. The van der Waals surface area contributed by atoms with Crippen LogP contribution in [0.1, 0.15) is 38.7 Å². The van der Waals surface area contributed by atoms with E-state index in [-0.39, 0.29) is 18.7 Å². The molecule has 0 radical (unpaired) electrons. The van der Waals surface area contributed by atoms with Crippen LogP contribution in [0.5, 0.6) is 11.5 Å². The molecule has 22 heavy (non-hydrogen) atoms. The summed E-state index contributed by atoms with van der Waals surface area (Å²) in [5.41, 5.74) is 1.12. The summed E-state index contributed by atoms with van der Waals surface area (Å²) in [6, 6.07) is 6.00. The molecular formula is C17H23NO4. The van der Waals surface area contributed by atoms with Crippen molar-refractivity contribution in [3.63, 3.8) is 0 Å². The number of aldehydes is 1. The van der Waals surface area contributed by atoms with Crippen LogP contribution < -0.4 is 9.47 Å². The summed E-state index contributed by atoms with van der Waals surface area (Å²) in [4.78, 5) is 24.5. The summed E-state index contributed by atoms with van der Waals surface area (Å²) < 4.78 is 10.7. The predicted octanol–water partition coefficient (Wildman–Crippen LogP) is 2.56. The molecule has 5 heteroatoms. The third-order valence-electron chi connectivity index (χ3n) is 3.87. The second-order valence-electron chi connectivity index (χ2n) is 5.48. The highest BCUT2D eigenvalue weighted by atomic mass is 16.7. The van der Waals surface area contributed by atoms with Gasteiger partial charge in [0.2, 0.25) is 12.7 Å². The maximum atomic E-state index is 12.2. The van der Waals surface area contributed by atoms with Gasteiger partial charge in [0, 0.05) is 25.4 Å². The highest BCUT2D eigenvalue weighted by molar-refractivity contribution is 5.76. The van der Waals surface area contributed by atoms with Gasteiger partial charge in [-0.3, -0.25) is 4.79 Å². The van der Waals surface area contributed by atoms with Gasteiger partial charge in [0.05, 0.1) is 0 Å². The lowest BCUT2D eigenvalue weighted by Crippen LogP contribution is -2.39. The molecule has 1 aliphatic heterocycles. The second-order valence-corrected chi connectivity index (χ2v) is 5.48. The van der Waals surface area contributed by atoms with Crippen LogP contribution in [0.3, 0.4) is 0 Å². The first kappa shape index (κ1) is 16.3. The Bertz CT molecular complexity index is 529. The Morgan fingerprint density at radius 2 is 2.14 bits per heavy atom. The number of benzene rings is 1. The molecule has 0 fully saturated rings. The summed E-state index contributed by atoms with van der Waals surface area (Å²) in [5.74, 6) is 1.65. The third-order valence-corrected chi connectivity index (χ3v) is 3.87. The highest BCUT2D eigenvalue weighted by Crippen LogP contribution is 2.33. The van der Waals surface area contributed by atoms with Crippen molar-refractivity contribution in [2.24, 2.45) is 0 Å². The fourth-order valence-electron chi connectivity index (χ4n) is 2.73. The topological polar surface area (TPSA) is 55.8 Å². The quantitative estimate of drug-likeness (QED) is 0.547. The minimum Gasteiger partial charge on any atom is -0.454 e. The lowest BCUT2D eigenvalue weighted by atomic mass is 10.0. The number of carbonyl (C=O) groups is 2. The van der Waals surface area contributed by atoms with Gasteiger partial charge in [0.15, 0.2) is 11.5 Å². The predicted molar refractivity (Wildman–Crippen MR) is 83.0 cm³/mol. The number of amides is 1. The number of hydrogen-bond donors (Lipinski definition) is 0. The fourth-order valence-corrected chi connectivity index (χ4v) is 2.73. The SMILES string of the molecule is CCN(C(=O)CCCC=O)C(C)Cc1ccc2c(c1)OCO2. The molecule has 1 unspecified atom stereocenters. The summed E-state index contributed by atoms with van der Waals surface area (Å²) >= 11 is 0. The van der Waals surface area contributed by atoms with Gasteiger partial charge in [0.1, 0.15) is 6.29 Å². The zero-order valence-corrected chi connectivity index (χ0v) is 13.2. The van der Waals surface area contributed by atoms with Crippen molar-refractivity contribution in [2.45, 2.75) is 45.6 Å². The molecule has 0 N–H and O–H groups in total. The zero-order chi connectivity index (χ0) is 15.9. The monoisotopic (exact) mass is 305 g/mol. The van der Waals surface area contributed by atoms with Crippen LogP contribution in [0.2, 0.25) is 0 Å². The lowest BCUT2D eigenvalue weighted by Gasteiger charge is -2.28. The summed E-state index contributed by atoms with van der Waals surface area (Å²) in [7, 11) is 0. The Kier molecular flexibility index (Phi) is 5.81. The van der Waals surface area contributed by atoms with Crippen molar-refractivity contribution in [2.75, 3.05) is 13.3 Å². The number of unbranched alkanes of at least 4 members (excludes halogenated alkanes) is 1. The van der Waals surface area contributed by atoms with E-state index in [1.807, 2.05) is 36.9 Å². The molecule has 0 saturated heterocycles. The Balaban J connectivity index is 1.95. The van der Waals surface area contributed by atoms with E-state index < -0.39 is 0 Å². The molecule has 0 saturated carbocycles. The van der Waals surface area contributed by atoms with Crippen LogP contribution in [0.15, 0.2) is 18.2 Å². The van der Waals surface area contributed by atoms with Crippen LogP contribution in [0, 0.1) is 0 Å². The number of fused-ring (bicyclic) bond motifs is 1. The van der Waals surface area contributed by atoms with E-state index in [0.29, 0.717) is 25.8 Å². The van der Waals surface area contributed by atoms with Gasteiger partial charge in [-0.2, -0.15) is 0 Å². The van der Waals surface area contributed by atoms with Crippen molar-refractivity contribution >= 4 is 12.2 Å². The minimum atomic E-state index is 0.106. The highest BCUT2D eigenvalue weighted by Gasteiger charge is 2.20. The van der Waals surface area contributed by atoms with Crippen LogP contribution >= 0.6 is 0 Å². The molecule has 1 atom stereocenters. The van der Waals surface area contributed by atoms with E-state index in [1.165, 1.54) is 0 Å². The van der Waals surface area contributed by atoms with Crippen molar-refractivity contribution in [1.29, 1.82) is 0 Å². The minimum absolute atomic E-state index is 0.106. The first-order valence-electron chi connectivity index (χ1n) is 7.77. The number of hydrogen-bond acceptors (Lipinski definition) is 4. The van der Waals surface area contributed by atoms with Crippen molar-refractivity contribution in [3.8, 4) is 11.5 Å². The summed E-state index contributed by atoms with van der Waals surface area (Å²) in [6.07, 6.45) is 3.12. The average Bonchev–Trinajstić information content (AvgIpc) is 2.95. The molecule has 5 nitrogen and oxygen atoms in total. The zero-order valence-electron chi connectivity index (χ0n) is 13.2. The van der Waals surface area contributed by atoms with E-state index in [0.717, 1.165) is 29.8 Å². The molecule has 1 aliphatic rings. The van der Waals surface area contributed by atoms with Crippen LogP contribution in [0.25, 0.3) is 0 Å². The Morgan fingerprint density at radius 3 is 2.86 bits per heavy atom. The number of nitrogens with zero attached hydrogens (tertiary/aromatic N) is 1. The molecule has 0 bridgehead atoms. The van der Waals surface area contributed by atoms with Crippen LogP contribution in [-0.2, 0) is 16.0 Å². The smallest absolute Gasteiger partial charge is 0.231 e. The van der Waals surface area contributed by atoms with E-state index >= 15 is 0 Å². The number of rotatable bonds is 8. The number of ether oxygens (including phenoxy) is 2. The molecule has 1 aromatic rings. The van der Waals surface area contributed by atoms with Gasteiger partial charge >= 0.3 is 0 Å². The molecular weight excluding hydrogens is 282 g/mol. The summed E-state index contributed by atoms with van der Waals surface area (Å²) in [6.45, 7) is 4.97. The van der Waals surface area contributed by atoms with Gasteiger partial charge in [-0.25, -0.2) is 0 Å². The molecule has 0 aliphatic carbocycles. The molecule has 1 amide bonds. The summed E-state index contributed by atoms with van der Waals surface area (Å²) in [5, 5.41) is 0. The van der Waals surface area contributed by atoms with Gasteiger partial charge in [-0.1, -0.05) is 6.07 Å². The maximum absolute atomic E-state index is 12.2. The van der Waals surface area contributed by atoms with Gasteiger partial charge in [0.25, 0.3) is 0 Å². The van der Waals surface area contributed by atoms with Crippen molar-refractivity contribution in [3.05, 3.63) is 23.8 Å². The van der Waals surface area contributed by atoms with Crippen molar-refractivity contribution in [1.82, 2.24) is 4.90 Å². The molecule has 0 spiro atoms. The average molecular weight is 305 g/mol. The third kappa shape index (κ3) is 4.00. The van der Waals surface area contributed by atoms with E-state index in [9.17, 15) is 9.59 Å². The standard InChI is InChI=1S/C17H23NO4/c1-3-18(17(20)6-4-5-9-19)13(2)10-14-7-8-15-16(11-14)22-12-21-15/h7-9,11,13H,3-6,10,12H2,1-2H3. The fraction of sp³-hybridized carbons (Fsp3) is 0.529. The van der Waals surface area contributed by atoms with Crippen molar-refractivity contribution < 1.29 is 19.1 Å². The largest absolute Gasteiger partial charge is 0.454 e. The molecule has 0 aromatic heterocycles. The normalized spacial score (nSPS) is 13.7. The van der Waals surface area contributed by atoms with E-state index in [4.69, 9.17) is 9.47 Å². The number of carbonyl (C=O) groups excluding carboxylic acids is 2. The van der Waals surface area contributed by atoms with Crippen LogP contribution in [0.4, 0.5) is 0 Å². The van der Waals surface area contributed by atoms with E-state index in [2.05, 4.69) is 0 Å². The Labute approximate surface area is 131 Å². The van der Waals surface area contributed by atoms with Gasteiger partial charge < -0.3 is 19.2 Å². The van der Waals surface area contributed by atoms with Gasteiger partial charge in [-0.15, -0.1) is 0 Å². The second kappa shape index (κ2) is 7.82. The Hall–Kier alpha value is -2.04. The maximum Gasteiger partial charge on any atom is 0.231 e. The molecule has 1 aromatic carbocycles. The van der Waals surface area contributed by atoms with Gasteiger partial charge in [-0.05, 0) is 44.4 Å². The van der Waals surface area contributed by atoms with E-state index in [1.54, 1.807) is 0 Å². The molecule has 1 heterocycles.